The van der Waals surface area contributed by atoms with Crippen molar-refractivity contribution >= 4 is 23.2 Å². The third kappa shape index (κ3) is 4.00. The standard InChI is InChI=1S/C21H17ClFN3O3/c1-13-10-26(21(27)18-19(22)24-12-25-20(18)29-13)15-7-8-17(16(23)9-15)28-11-14-5-3-2-4-6-14/h2-9,12-13H,10-11H2,1H3. The van der Waals surface area contributed by atoms with E-state index in [-0.39, 0.29) is 41.6 Å². The maximum absolute atomic E-state index is 14.7. The summed E-state index contributed by atoms with van der Waals surface area (Å²) in [4.78, 5) is 22.3. The molecule has 4 rings (SSSR count). The summed E-state index contributed by atoms with van der Waals surface area (Å²) in [6.45, 7) is 2.24. The second-order valence-electron chi connectivity index (χ2n) is 6.58. The molecule has 1 unspecified atom stereocenters. The number of anilines is 1. The number of amides is 1. The largest absolute Gasteiger partial charge is 0.486 e. The summed E-state index contributed by atoms with van der Waals surface area (Å²) in [6.07, 6.45) is 0.860. The van der Waals surface area contributed by atoms with Crippen molar-refractivity contribution in [3.8, 4) is 11.6 Å². The molecule has 29 heavy (non-hydrogen) atoms. The summed E-state index contributed by atoms with van der Waals surface area (Å²) < 4.78 is 25.9. The number of ether oxygens (including phenoxy) is 2. The fourth-order valence-corrected chi connectivity index (χ4v) is 3.26. The molecule has 0 bridgehead atoms. The molecule has 8 heteroatoms. The van der Waals surface area contributed by atoms with Crippen LogP contribution in [0.3, 0.4) is 0 Å². The van der Waals surface area contributed by atoms with Crippen molar-refractivity contribution in [3.63, 3.8) is 0 Å². The van der Waals surface area contributed by atoms with Crippen molar-refractivity contribution in [2.45, 2.75) is 19.6 Å². The minimum Gasteiger partial charge on any atom is -0.486 e. The topological polar surface area (TPSA) is 64.5 Å². The molecule has 148 valence electrons. The minimum atomic E-state index is -0.570. The van der Waals surface area contributed by atoms with Gasteiger partial charge < -0.3 is 14.4 Å². The van der Waals surface area contributed by atoms with Gasteiger partial charge in [0.2, 0.25) is 5.88 Å². The number of halogens is 2. The molecule has 1 aliphatic rings. The molecule has 0 saturated carbocycles. The van der Waals surface area contributed by atoms with Crippen molar-refractivity contribution < 1.29 is 18.7 Å². The summed E-state index contributed by atoms with van der Waals surface area (Å²) in [6, 6.07) is 13.8. The van der Waals surface area contributed by atoms with E-state index in [9.17, 15) is 9.18 Å². The number of hydrogen-bond donors (Lipinski definition) is 0. The van der Waals surface area contributed by atoms with E-state index >= 15 is 0 Å². The number of aromatic nitrogens is 2. The lowest BCUT2D eigenvalue weighted by Crippen LogP contribution is -2.36. The maximum atomic E-state index is 14.7. The van der Waals surface area contributed by atoms with Gasteiger partial charge in [-0.3, -0.25) is 4.79 Å². The predicted molar refractivity (Wildman–Crippen MR) is 106 cm³/mol. The molecule has 1 aromatic heterocycles. The Kier molecular flexibility index (Phi) is 5.31. The zero-order valence-corrected chi connectivity index (χ0v) is 16.3. The number of rotatable bonds is 4. The molecular weight excluding hydrogens is 397 g/mol. The first-order valence-corrected chi connectivity index (χ1v) is 9.36. The summed E-state index contributed by atoms with van der Waals surface area (Å²) in [5, 5.41) is -0.0117. The van der Waals surface area contributed by atoms with E-state index in [1.807, 2.05) is 30.3 Å². The molecule has 3 aromatic rings. The molecule has 6 nitrogen and oxygen atoms in total. The van der Waals surface area contributed by atoms with Crippen LogP contribution in [0.1, 0.15) is 22.8 Å². The number of carbonyl (C=O) groups is 1. The Labute approximate surface area is 171 Å². The van der Waals surface area contributed by atoms with Gasteiger partial charge in [-0.1, -0.05) is 41.9 Å². The average Bonchev–Trinajstić information content (AvgIpc) is 2.84. The molecule has 2 aromatic carbocycles. The van der Waals surface area contributed by atoms with Gasteiger partial charge in [0, 0.05) is 11.8 Å². The molecule has 1 amide bonds. The SMILES string of the molecule is CC1CN(c2ccc(OCc3ccccc3)c(F)c2)C(=O)c2c(Cl)ncnc2O1. The van der Waals surface area contributed by atoms with E-state index in [1.54, 1.807) is 13.0 Å². The highest BCUT2D eigenvalue weighted by molar-refractivity contribution is 6.33. The molecule has 0 spiro atoms. The van der Waals surface area contributed by atoms with Gasteiger partial charge in [-0.25, -0.2) is 14.4 Å². The Morgan fingerprint density at radius 1 is 1.24 bits per heavy atom. The van der Waals surface area contributed by atoms with E-state index in [4.69, 9.17) is 21.1 Å². The van der Waals surface area contributed by atoms with E-state index < -0.39 is 11.7 Å². The molecule has 0 N–H and O–H groups in total. The van der Waals surface area contributed by atoms with E-state index in [2.05, 4.69) is 9.97 Å². The van der Waals surface area contributed by atoms with Crippen molar-refractivity contribution in [2.24, 2.45) is 0 Å². The highest BCUT2D eigenvalue weighted by Gasteiger charge is 2.32. The molecule has 1 aliphatic heterocycles. The Balaban J connectivity index is 1.60. The Hall–Kier alpha value is -3.19. The number of hydrogen-bond acceptors (Lipinski definition) is 5. The van der Waals surface area contributed by atoms with Gasteiger partial charge in [0.1, 0.15) is 29.8 Å². The van der Waals surface area contributed by atoms with Crippen LogP contribution in [0.15, 0.2) is 54.9 Å². The number of nitrogens with zero attached hydrogens (tertiary/aromatic N) is 3. The molecule has 0 fully saturated rings. The van der Waals surface area contributed by atoms with Crippen LogP contribution >= 0.6 is 11.6 Å². The van der Waals surface area contributed by atoms with Gasteiger partial charge >= 0.3 is 0 Å². The zero-order valence-electron chi connectivity index (χ0n) is 15.5. The average molecular weight is 414 g/mol. The zero-order chi connectivity index (χ0) is 20.4. The molecular formula is C21H17ClFN3O3. The lowest BCUT2D eigenvalue weighted by Gasteiger charge is -2.23. The third-order valence-electron chi connectivity index (χ3n) is 4.44. The van der Waals surface area contributed by atoms with Crippen molar-refractivity contribution in [1.29, 1.82) is 0 Å². The highest BCUT2D eigenvalue weighted by Crippen LogP contribution is 2.32. The van der Waals surface area contributed by atoms with E-state index in [1.165, 1.54) is 23.4 Å². The first-order valence-electron chi connectivity index (χ1n) is 8.98. The van der Waals surface area contributed by atoms with Crippen LogP contribution in [-0.4, -0.2) is 28.5 Å². The molecule has 1 atom stereocenters. The van der Waals surface area contributed by atoms with Gasteiger partial charge in [0.05, 0.1) is 6.54 Å². The predicted octanol–water partition coefficient (Wildman–Crippen LogP) is 4.28. The molecule has 0 aliphatic carbocycles. The van der Waals surface area contributed by atoms with Crippen LogP contribution in [0.4, 0.5) is 10.1 Å². The molecule has 2 heterocycles. The summed E-state index contributed by atoms with van der Waals surface area (Å²) >= 11 is 6.09. The van der Waals surface area contributed by atoms with Crippen LogP contribution in [-0.2, 0) is 6.61 Å². The monoisotopic (exact) mass is 413 g/mol. The first kappa shape index (κ1) is 19.1. The van der Waals surface area contributed by atoms with Crippen LogP contribution in [0, 0.1) is 5.82 Å². The fraction of sp³-hybridized carbons (Fsp3) is 0.190. The minimum absolute atomic E-state index is 0.0117. The Bertz CT molecular complexity index is 1050. The van der Waals surface area contributed by atoms with E-state index in [0.29, 0.717) is 5.69 Å². The molecule has 0 saturated heterocycles. The second kappa shape index (κ2) is 8.05. The third-order valence-corrected chi connectivity index (χ3v) is 4.73. The normalized spacial score (nSPS) is 16.0. The smallest absolute Gasteiger partial charge is 0.267 e. The van der Waals surface area contributed by atoms with E-state index in [0.717, 1.165) is 5.56 Å². The van der Waals surface area contributed by atoms with Crippen molar-refractivity contribution in [3.05, 3.63) is 77.0 Å². The summed E-state index contributed by atoms with van der Waals surface area (Å²) in [5.74, 6) is -0.800. The molecule has 0 radical (unpaired) electrons. The van der Waals surface area contributed by atoms with Gasteiger partial charge in [-0.15, -0.1) is 0 Å². The van der Waals surface area contributed by atoms with Gasteiger partial charge in [-0.05, 0) is 24.6 Å². The highest BCUT2D eigenvalue weighted by atomic mass is 35.5. The Morgan fingerprint density at radius 2 is 2.03 bits per heavy atom. The number of carbonyl (C=O) groups excluding carboxylic acids is 1. The maximum Gasteiger partial charge on any atom is 0.267 e. The summed E-state index contributed by atoms with van der Waals surface area (Å²) in [5.41, 5.74) is 1.35. The van der Waals surface area contributed by atoms with Gasteiger partial charge in [-0.2, -0.15) is 0 Å². The quantitative estimate of drug-likeness (QED) is 0.597. The lowest BCUT2D eigenvalue weighted by molar-refractivity contribution is 0.0987. The van der Waals surface area contributed by atoms with Crippen LogP contribution in [0.25, 0.3) is 0 Å². The first-order chi connectivity index (χ1) is 14.0. The summed E-state index contributed by atoms with van der Waals surface area (Å²) in [7, 11) is 0. The van der Waals surface area contributed by atoms with Gasteiger partial charge in [0.15, 0.2) is 11.6 Å². The number of fused-ring (bicyclic) bond motifs is 1. The van der Waals surface area contributed by atoms with Crippen LogP contribution in [0.2, 0.25) is 5.15 Å². The van der Waals surface area contributed by atoms with Gasteiger partial charge in [0.25, 0.3) is 5.91 Å². The van der Waals surface area contributed by atoms with Crippen LogP contribution < -0.4 is 14.4 Å². The van der Waals surface area contributed by atoms with Crippen molar-refractivity contribution in [2.75, 3.05) is 11.4 Å². The van der Waals surface area contributed by atoms with Crippen LogP contribution in [0.5, 0.6) is 11.6 Å². The fourth-order valence-electron chi connectivity index (χ4n) is 3.05. The van der Waals surface area contributed by atoms with Crippen molar-refractivity contribution in [1.82, 2.24) is 9.97 Å². The lowest BCUT2D eigenvalue weighted by atomic mass is 10.2. The number of benzene rings is 2. The second-order valence-corrected chi connectivity index (χ2v) is 6.94. The Morgan fingerprint density at radius 3 is 2.79 bits per heavy atom.